The zero-order valence-corrected chi connectivity index (χ0v) is 10.4. The summed E-state index contributed by atoms with van der Waals surface area (Å²) in [7, 11) is 2.04. The van der Waals surface area contributed by atoms with E-state index in [0.29, 0.717) is 6.04 Å². The molecule has 0 aliphatic heterocycles. The van der Waals surface area contributed by atoms with Gasteiger partial charge in [0.15, 0.2) is 0 Å². The Balaban J connectivity index is 2.23. The van der Waals surface area contributed by atoms with Crippen molar-refractivity contribution in [1.82, 2.24) is 14.9 Å². The first kappa shape index (κ1) is 13.0. The van der Waals surface area contributed by atoms with E-state index in [1.165, 1.54) is 12.8 Å². The third kappa shape index (κ3) is 4.19. The van der Waals surface area contributed by atoms with Gasteiger partial charge in [-0.25, -0.2) is 4.98 Å². The highest BCUT2D eigenvalue weighted by Gasteiger charge is 2.05. The van der Waals surface area contributed by atoms with Crippen LogP contribution in [0.2, 0.25) is 0 Å². The molecule has 0 radical (unpaired) electrons. The molecule has 3 nitrogen and oxygen atoms in total. The van der Waals surface area contributed by atoms with Crippen molar-refractivity contribution in [2.24, 2.45) is 7.05 Å². The van der Waals surface area contributed by atoms with Gasteiger partial charge in [0.05, 0.1) is 0 Å². The van der Waals surface area contributed by atoms with E-state index in [1.54, 1.807) is 0 Å². The zero-order chi connectivity index (χ0) is 11.8. The molecule has 0 saturated carbocycles. The Bertz CT molecular complexity index is 304. The molecule has 1 atom stereocenters. The van der Waals surface area contributed by atoms with Crippen LogP contribution in [0.15, 0.2) is 25.0 Å². The predicted octanol–water partition coefficient (Wildman–Crippen LogP) is 2.30. The second-order valence-electron chi connectivity index (χ2n) is 4.13. The highest BCUT2D eigenvalue weighted by atomic mass is 15.0. The lowest BCUT2D eigenvalue weighted by Crippen LogP contribution is -2.30. The molecule has 1 heterocycles. The zero-order valence-electron chi connectivity index (χ0n) is 10.4. The van der Waals surface area contributed by atoms with Crippen molar-refractivity contribution in [2.45, 2.75) is 38.6 Å². The summed E-state index contributed by atoms with van der Waals surface area (Å²) in [6, 6.07) is 0.610. The molecule has 0 saturated heterocycles. The summed E-state index contributed by atoms with van der Waals surface area (Å²) in [4.78, 5) is 4.31. The third-order valence-electron chi connectivity index (χ3n) is 2.91. The maximum Gasteiger partial charge on any atom is 0.109 e. The third-order valence-corrected chi connectivity index (χ3v) is 2.91. The fourth-order valence-electron chi connectivity index (χ4n) is 1.80. The van der Waals surface area contributed by atoms with Gasteiger partial charge in [-0.2, -0.15) is 0 Å². The summed E-state index contributed by atoms with van der Waals surface area (Å²) in [5.74, 6) is 1.14. The van der Waals surface area contributed by atoms with Crippen molar-refractivity contribution in [3.63, 3.8) is 0 Å². The standard InChI is InChI=1S/C13H23N3/c1-4-6-7-12(5-2)14-9-8-13-15-10-11-16(13)3/h4,10-12,14H,1,5-9H2,2-3H3. The van der Waals surface area contributed by atoms with Gasteiger partial charge in [-0.1, -0.05) is 13.0 Å². The van der Waals surface area contributed by atoms with Crippen LogP contribution in [-0.4, -0.2) is 22.1 Å². The molecule has 0 fully saturated rings. The van der Waals surface area contributed by atoms with Crippen LogP contribution in [0.25, 0.3) is 0 Å². The van der Waals surface area contributed by atoms with Gasteiger partial charge in [0.25, 0.3) is 0 Å². The quantitative estimate of drug-likeness (QED) is 0.683. The van der Waals surface area contributed by atoms with Crippen LogP contribution in [0.5, 0.6) is 0 Å². The van der Waals surface area contributed by atoms with E-state index in [0.717, 1.165) is 25.2 Å². The van der Waals surface area contributed by atoms with Gasteiger partial charge in [-0.15, -0.1) is 6.58 Å². The number of aromatic nitrogens is 2. The molecule has 0 spiro atoms. The fourth-order valence-corrected chi connectivity index (χ4v) is 1.80. The van der Waals surface area contributed by atoms with Crippen molar-refractivity contribution in [3.05, 3.63) is 30.9 Å². The Morgan fingerprint density at radius 1 is 1.62 bits per heavy atom. The summed E-state index contributed by atoms with van der Waals surface area (Å²) >= 11 is 0. The number of hydrogen-bond donors (Lipinski definition) is 1. The minimum Gasteiger partial charge on any atom is -0.338 e. The highest BCUT2D eigenvalue weighted by molar-refractivity contribution is 4.91. The summed E-state index contributed by atoms with van der Waals surface area (Å²) < 4.78 is 2.08. The average Bonchev–Trinajstić information content (AvgIpc) is 2.69. The molecule has 0 bridgehead atoms. The van der Waals surface area contributed by atoms with Gasteiger partial charge < -0.3 is 9.88 Å². The van der Waals surface area contributed by atoms with E-state index in [1.807, 2.05) is 25.5 Å². The van der Waals surface area contributed by atoms with Crippen LogP contribution in [-0.2, 0) is 13.5 Å². The molecule has 0 amide bonds. The van der Waals surface area contributed by atoms with Crippen LogP contribution in [0.4, 0.5) is 0 Å². The molecule has 0 aliphatic rings. The number of imidazole rings is 1. The molecule has 0 aliphatic carbocycles. The van der Waals surface area contributed by atoms with E-state index in [9.17, 15) is 0 Å². The second kappa shape index (κ2) is 7.23. The van der Waals surface area contributed by atoms with E-state index in [2.05, 4.69) is 28.4 Å². The van der Waals surface area contributed by atoms with Gasteiger partial charge in [-0.05, 0) is 19.3 Å². The Morgan fingerprint density at radius 3 is 3.00 bits per heavy atom. The Labute approximate surface area is 98.6 Å². The van der Waals surface area contributed by atoms with Crippen molar-refractivity contribution in [2.75, 3.05) is 6.54 Å². The predicted molar refractivity (Wildman–Crippen MR) is 68.4 cm³/mol. The van der Waals surface area contributed by atoms with Gasteiger partial charge in [0.1, 0.15) is 5.82 Å². The molecule has 0 aromatic carbocycles. The lowest BCUT2D eigenvalue weighted by atomic mass is 10.1. The first-order chi connectivity index (χ1) is 7.77. The maximum atomic E-state index is 4.31. The molecule has 16 heavy (non-hydrogen) atoms. The minimum atomic E-state index is 0.610. The van der Waals surface area contributed by atoms with E-state index in [4.69, 9.17) is 0 Å². The monoisotopic (exact) mass is 221 g/mol. The normalized spacial score (nSPS) is 12.6. The van der Waals surface area contributed by atoms with E-state index in [-0.39, 0.29) is 0 Å². The Kier molecular flexibility index (Phi) is 5.86. The molecule has 1 aromatic rings. The van der Waals surface area contributed by atoms with Crippen LogP contribution in [0.3, 0.4) is 0 Å². The summed E-state index contributed by atoms with van der Waals surface area (Å²) in [6.45, 7) is 6.98. The molecule has 1 unspecified atom stereocenters. The number of allylic oxidation sites excluding steroid dienone is 1. The number of hydrogen-bond acceptors (Lipinski definition) is 2. The van der Waals surface area contributed by atoms with Gasteiger partial charge in [0, 0.05) is 38.4 Å². The summed E-state index contributed by atoms with van der Waals surface area (Å²) in [6.07, 6.45) is 10.3. The van der Waals surface area contributed by atoms with Crippen LogP contribution in [0, 0.1) is 0 Å². The molecule has 1 aromatic heterocycles. The van der Waals surface area contributed by atoms with Crippen LogP contribution >= 0.6 is 0 Å². The molecular weight excluding hydrogens is 198 g/mol. The molecule has 90 valence electrons. The number of aryl methyl sites for hydroxylation is 1. The van der Waals surface area contributed by atoms with Crippen molar-refractivity contribution >= 4 is 0 Å². The summed E-state index contributed by atoms with van der Waals surface area (Å²) in [5, 5.41) is 3.57. The summed E-state index contributed by atoms with van der Waals surface area (Å²) in [5.41, 5.74) is 0. The minimum absolute atomic E-state index is 0.610. The van der Waals surface area contributed by atoms with Crippen LogP contribution in [0.1, 0.15) is 32.0 Å². The SMILES string of the molecule is C=CCCC(CC)NCCc1nccn1C. The second-order valence-corrected chi connectivity index (χ2v) is 4.13. The largest absolute Gasteiger partial charge is 0.338 e. The van der Waals surface area contributed by atoms with E-state index < -0.39 is 0 Å². The fraction of sp³-hybridized carbons (Fsp3) is 0.615. The molecule has 3 heteroatoms. The van der Waals surface area contributed by atoms with Crippen molar-refractivity contribution in [1.29, 1.82) is 0 Å². The van der Waals surface area contributed by atoms with Gasteiger partial charge in [0.2, 0.25) is 0 Å². The highest BCUT2D eigenvalue weighted by Crippen LogP contribution is 2.02. The van der Waals surface area contributed by atoms with E-state index >= 15 is 0 Å². The van der Waals surface area contributed by atoms with Crippen molar-refractivity contribution < 1.29 is 0 Å². The van der Waals surface area contributed by atoms with Crippen molar-refractivity contribution in [3.8, 4) is 0 Å². The number of nitrogens with one attached hydrogen (secondary N) is 1. The average molecular weight is 221 g/mol. The van der Waals surface area contributed by atoms with Gasteiger partial charge >= 0.3 is 0 Å². The number of rotatable bonds is 8. The maximum absolute atomic E-state index is 4.31. The first-order valence-corrected chi connectivity index (χ1v) is 6.08. The van der Waals surface area contributed by atoms with Gasteiger partial charge in [-0.3, -0.25) is 0 Å². The molecule has 1 N–H and O–H groups in total. The van der Waals surface area contributed by atoms with Crippen LogP contribution < -0.4 is 5.32 Å². The lowest BCUT2D eigenvalue weighted by molar-refractivity contribution is 0.470. The topological polar surface area (TPSA) is 29.9 Å². The molecular formula is C13H23N3. The Morgan fingerprint density at radius 2 is 2.44 bits per heavy atom. The molecule has 1 rings (SSSR count). The smallest absolute Gasteiger partial charge is 0.109 e. The lowest BCUT2D eigenvalue weighted by Gasteiger charge is -2.15. The Hall–Kier alpha value is -1.09. The first-order valence-electron chi connectivity index (χ1n) is 6.08. The number of nitrogens with zero attached hydrogens (tertiary/aromatic N) is 2.